The third-order valence-electron chi connectivity index (χ3n) is 3.38. The van der Waals surface area contributed by atoms with Crippen molar-refractivity contribution in [3.05, 3.63) is 60.7 Å². The van der Waals surface area contributed by atoms with Crippen LogP contribution in [0.4, 0.5) is 10.5 Å². The van der Waals surface area contributed by atoms with E-state index in [0.717, 1.165) is 5.56 Å². The number of urea groups is 1. The van der Waals surface area contributed by atoms with Crippen LogP contribution in [0.15, 0.2) is 55.1 Å². The van der Waals surface area contributed by atoms with E-state index in [9.17, 15) is 4.79 Å². The highest BCUT2D eigenvalue weighted by molar-refractivity contribution is 5.89. The highest BCUT2D eigenvalue weighted by Crippen LogP contribution is 2.20. The highest BCUT2D eigenvalue weighted by atomic mass is 16.5. The first kappa shape index (κ1) is 16.4. The van der Waals surface area contributed by atoms with Crippen LogP contribution >= 0.6 is 0 Å². The van der Waals surface area contributed by atoms with Gasteiger partial charge in [-0.2, -0.15) is 5.10 Å². The van der Waals surface area contributed by atoms with Crippen LogP contribution in [0.1, 0.15) is 5.56 Å². The number of aryl methyl sites for hydroxylation is 1. The first-order valence-electron chi connectivity index (χ1n) is 7.65. The summed E-state index contributed by atoms with van der Waals surface area (Å²) < 4.78 is 7.22. The zero-order chi connectivity index (χ0) is 17.6. The number of ether oxygens (including phenoxy) is 1. The minimum Gasteiger partial charge on any atom is -0.424 e. The van der Waals surface area contributed by atoms with Crippen molar-refractivity contribution in [3.63, 3.8) is 0 Å². The van der Waals surface area contributed by atoms with Gasteiger partial charge in [0.05, 0.1) is 12.7 Å². The molecule has 0 saturated carbocycles. The Labute approximate surface area is 145 Å². The van der Waals surface area contributed by atoms with Crippen molar-refractivity contribution in [1.29, 1.82) is 0 Å². The number of hydrogen-bond donors (Lipinski definition) is 1. The summed E-state index contributed by atoms with van der Waals surface area (Å²) in [6.45, 7) is 0.478. The van der Waals surface area contributed by atoms with Gasteiger partial charge >= 0.3 is 12.0 Å². The summed E-state index contributed by atoms with van der Waals surface area (Å²) in [5, 5.41) is 6.92. The minimum absolute atomic E-state index is 0.205. The Kier molecular flexibility index (Phi) is 4.89. The molecule has 128 valence electrons. The van der Waals surface area contributed by atoms with Gasteiger partial charge in [-0.05, 0) is 30.3 Å². The largest absolute Gasteiger partial charge is 0.424 e. The summed E-state index contributed by atoms with van der Waals surface area (Å²) in [5.74, 6) is 0.591. The summed E-state index contributed by atoms with van der Waals surface area (Å²) in [4.78, 5) is 21.8. The molecule has 0 spiro atoms. The molecule has 0 unspecified atom stereocenters. The Morgan fingerprint density at radius 1 is 1.24 bits per heavy atom. The van der Waals surface area contributed by atoms with Crippen molar-refractivity contribution in [2.24, 2.45) is 7.05 Å². The molecule has 8 nitrogen and oxygen atoms in total. The zero-order valence-corrected chi connectivity index (χ0v) is 14.0. The maximum absolute atomic E-state index is 12.2. The van der Waals surface area contributed by atoms with E-state index in [2.05, 4.69) is 20.4 Å². The summed E-state index contributed by atoms with van der Waals surface area (Å²) in [6, 6.07) is 8.79. The predicted molar refractivity (Wildman–Crippen MR) is 92.2 cm³/mol. The van der Waals surface area contributed by atoms with Crippen LogP contribution in [-0.2, 0) is 13.6 Å². The number of nitrogens with zero attached hydrogens (tertiary/aromatic N) is 5. The van der Waals surface area contributed by atoms with Crippen LogP contribution in [0.2, 0.25) is 0 Å². The summed E-state index contributed by atoms with van der Waals surface area (Å²) in [6.07, 6.45) is 6.83. The topological polar surface area (TPSA) is 85.2 Å². The fraction of sp³-hybridized carbons (Fsp3) is 0.176. The van der Waals surface area contributed by atoms with E-state index in [0.29, 0.717) is 18.0 Å². The van der Waals surface area contributed by atoms with E-state index in [1.54, 1.807) is 65.6 Å². The molecule has 2 amide bonds. The van der Waals surface area contributed by atoms with Crippen LogP contribution < -0.4 is 10.1 Å². The van der Waals surface area contributed by atoms with Gasteiger partial charge in [0.1, 0.15) is 5.75 Å². The van der Waals surface area contributed by atoms with Gasteiger partial charge in [0.25, 0.3) is 0 Å². The van der Waals surface area contributed by atoms with Gasteiger partial charge in [0.2, 0.25) is 0 Å². The molecule has 1 N–H and O–H groups in total. The number of hydrogen-bond acceptors (Lipinski definition) is 5. The monoisotopic (exact) mass is 338 g/mol. The number of rotatable bonds is 5. The van der Waals surface area contributed by atoms with E-state index in [4.69, 9.17) is 4.74 Å². The third-order valence-corrected chi connectivity index (χ3v) is 3.38. The van der Waals surface area contributed by atoms with E-state index < -0.39 is 0 Å². The molecular formula is C17H18N6O2. The second kappa shape index (κ2) is 7.43. The van der Waals surface area contributed by atoms with Crippen LogP contribution in [0.25, 0.3) is 0 Å². The number of aromatic nitrogens is 4. The fourth-order valence-corrected chi connectivity index (χ4v) is 2.17. The van der Waals surface area contributed by atoms with E-state index >= 15 is 0 Å². The highest BCUT2D eigenvalue weighted by Gasteiger charge is 2.10. The van der Waals surface area contributed by atoms with E-state index in [1.807, 2.05) is 13.2 Å². The number of benzene rings is 1. The molecule has 8 heteroatoms. The summed E-state index contributed by atoms with van der Waals surface area (Å²) in [5.41, 5.74) is 1.64. The minimum atomic E-state index is -0.205. The lowest BCUT2D eigenvalue weighted by Gasteiger charge is -2.17. The lowest BCUT2D eigenvalue weighted by atomic mass is 10.3. The van der Waals surface area contributed by atoms with Gasteiger partial charge in [-0.1, -0.05) is 0 Å². The average Bonchev–Trinajstić information content (AvgIpc) is 3.02. The average molecular weight is 338 g/mol. The van der Waals surface area contributed by atoms with Crippen molar-refractivity contribution in [1.82, 2.24) is 24.6 Å². The summed E-state index contributed by atoms with van der Waals surface area (Å²) in [7, 11) is 3.57. The molecule has 3 rings (SSSR count). The van der Waals surface area contributed by atoms with Crippen molar-refractivity contribution < 1.29 is 9.53 Å². The van der Waals surface area contributed by atoms with Gasteiger partial charge in [-0.15, -0.1) is 0 Å². The van der Waals surface area contributed by atoms with Gasteiger partial charge in [0, 0.05) is 43.9 Å². The third kappa shape index (κ3) is 4.54. The van der Waals surface area contributed by atoms with Gasteiger partial charge < -0.3 is 15.0 Å². The fourth-order valence-electron chi connectivity index (χ4n) is 2.17. The van der Waals surface area contributed by atoms with Crippen molar-refractivity contribution in [2.45, 2.75) is 6.54 Å². The van der Waals surface area contributed by atoms with Gasteiger partial charge in [-0.3, -0.25) is 4.68 Å². The number of carbonyl (C=O) groups excluding carboxylic acids is 1. The summed E-state index contributed by atoms with van der Waals surface area (Å²) >= 11 is 0. The molecule has 0 atom stereocenters. The van der Waals surface area contributed by atoms with Crippen molar-refractivity contribution >= 4 is 11.7 Å². The maximum atomic E-state index is 12.2. The number of amides is 2. The smallest absolute Gasteiger partial charge is 0.321 e. The lowest BCUT2D eigenvalue weighted by Crippen LogP contribution is -2.30. The molecule has 2 heterocycles. The van der Waals surface area contributed by atoms with Gasteiger partial charge in [0.15, 0.2) is 0 Å². The maximum Gasteiger partial charge on any atom is 0.321 e. The Morgan fingerprint density at radius 3 is 2.60 bits per heavy atom. The molecular weight excluding hydrogens is 320 g/mol. The van der Waals surface area contributed by atoms with Crippen molar-refractivity contribution in [3.8, 4) is 11.8 Å². The quantitative estimate of drug-likeness (QED) is 0.773. The van der Waals surface area contributed by atoms with Crippen LogP contribution in [0, 0.1) is 0 Å². The Bertz CT molecular complexity index is 832. The number of carbonyl (C=O) groups is 1. The second-order valence-electron chi connectivity index (χ2n) is 5.47. The molecule has 1 aromatic carbocycles. The lowest BCUT2D eigenvalue weighted by molar-refractivity contribution is 0.220. The molecule has 0 aliphatic rings. The zero-order valence-electron chi connectivity index (χ0n) is 14.0. The molecule has 0 saturated heterocycles. The SMILES string of the molecule is CN(Cc1cnn(C)c1)C(=O)Nc1ccc(Oc2ncccn2)cc1. The molecule has 0 aliphatic heterocycles. The Balaban J connectivity index is 1.56. The standard InChI is InChI=1S/C17H18N6O2/c1-22(11-13-10-20-23(2)12-13)17(24)21-14-4-6-15(7-5-14)25-16-18-8-3-9-19-16/h3-10,12H,11H2,1-2H3,(H,21,24). The predicted octanol–water partition coefficient (Wildman–Crippen LogP) is 2.67. The van der Waals surface area contributed by atoms with Gasteiger partial charge in [-0.25, -0.2) is 14.8 Å². The molecule has 3 aromatic rings. The Morgan fingerprint density at radius 2 is 1.96 bits per heavy atom. The molecule has 0 fully saturated rings. The van der Waals surface area contributed by atoms with Crippen LogP contribution in [0.3, 0.4) is 0 Å². The normalized spacial score (nSPS) is 10.3. The number of nitrogens with one attached hydrogen (secondary N) is 1. The van der Waals surface area contributed by atoms with Crippen LogP contribution in [0.5, 0.6) is 11.8 Å². The molecule has 0 bridgehead atoms. The van der Waals surface area contributed by atoms with E-state index in [1.165, 1.54) is 0 Å². The molecule has 0 radical (unpaired) electrons. The van der Waals surface area contributed by atoms with E-state index in [-0.39, 0.29) is 12.0 Å². The molecule has 0 aliphatic carbocycles. The van der Waals surface area contributed by atoms with Crippen LogP contribution in [-0.4, -0.2) is 37.7 Å². The molecule has 2 aromatic heterocycles. The van der Waals surface area contributed by atoms with Crippen molar-refractivity contribution in [2.75, 3.05) is 12.4 Å². The first-order valence-corrected chi connectivity index (χ1v) is 7.65. The Hall–Kier alpha value is -3.42. The first-order chi connectivity index (χ1) is 12.1. The molecule has 25 heavy (non-hydrogen) atoms. The number of anilines is 1. The second-order valence-corrected chi connectivity index (χ2v) is 5.47.